The van der Waals surface area contributed by atoms with Crippen molar-refractivity contribution >= 4 is 27.5 Å². The number of hydrogen-bond donors (Lipinski definition) is 1. The maximum atomic E-state index is 11.9. The molecule has 116 valence electrons. The van der Waals surface area contributed by atoms with Crippen LogP contribution in [0.2, 0.25) is 0 Å². The van der Waals surface area contributed by atoms with Gasteiger partial charge in [0, 0.05) is 11.9 Å². The molecule has 1 heterocycles. The molecule has 0 saturated heterocycles. The van der Waals surface area contributed by atoms with Crippen LogP contribution in [0.25, 0.3) is 5.69 Å². The van der Waals surface area contributed by atoms with Gasteiger partial charge in [0.2, 0.25) is 5.88 Å². The van der Waals surface area contributed by atoms with Crippen LogP contribution in [0.1, 0.15) is 0 Å². The fourth-order valence-corrected chi connectivity index (χ4v) is 2.39. The summed E-state index contributed by atoms with van der Waals surface area (Å²) < 4.78 is 7.86. The Morgan fingerprint density at radius 1 is 1.09 bits per heavy atom. The smallest absolute Gasteiger partial charge is 0.262 e. The molecule has 0 aliphatic heterocycles. The van der Waals surface area contributed by atoms with Gasteiger partial charge in [-0.15, -0.1) is 5.10 Å². The molecule has 0 radical (unpaired) electrons. The molecule has 1 aromatic heterocycles. The van der Waals surface area contributed by atoms with Crippen LogP contribution in [0.3, 0.4) is 0 Å². The second-order valence-corrected chi connectivity index (χ2v) is 5.62. The zero-order valence-electron chi connectivity index (χ0n) is 12.1. The summed E-state index contributed by atoms with van der Waals surface area (Å²) in [7, 11) is 0. The van der Waals surface area contributed by atoms with E-state index in [4.69, 9.17) is 4.74 Å². The molecule has 5 nitrogen and oxygen atoms in total. The highest BCUT2D eigenvalue weighted by atomic mass is 79.9. The Bertz CT molecular complexity index is 788. The van der Waals surface area contributed by atoms with E-state index in [1.165, 1.54) is 0 Å². The number of hydrogen-bond acceptors (Lipinski definition) is 3. The summed E-state index contributed by atoms with van der Waals surface area (Å²) in [6.45, 7) is -0.112. The fourth-order valence-electron chi connectivity index (χ4n) is 2.00. The number of carbonyl (C=O) groups excluding carboxylic acids is 1. The van der Waals surface area contributed by atoms with Crippen molar-refractivity contribution in [3.63, 3.8) is 0 Å². The number of benzene rings is 2. The number of amides is 1. The summed E-state index contributed by atoms with van der Waals surface area (Å²) >= 11 is 3.39. The van der Waals surface area contributed by atoms with Gasteiger partial charge >= 0.3 is 0 Å². The lowest BCUT2D eigenvalue weighted by molar-refractivity contribution is -0.118. The third-order valence-corrected chi connectivity index (χ3v) is 3.60. The summed E-state index contributed by atoms with van der Waals surface area (Å²) in [5.41, 5.74) is 1.65. The first-order valence-electron chi connectivity index (χ1n) is 7.00. The van der Waals surface area contributed by atoms with Crippen molar-refractivity contribution in [1.82, 2.24) is 9.78 Å². The molecular weight excluding hydrogens is 358 g/mol. The van der Waals surface area contributed by atoms with Gasteiger partial charge in [0.25, 0.3) is 5.91 Å². The van der Waals surface area contributed by atoms with E-state index in [-0.39, 0.29) is 12.5 Å². The van der Waals surface area contributed by atoms with Crippen molar-refractivity contribution in [1.29, 1.82) is 0 Å². The number of anilines is 1. The van der Waals surface area contributed by atoms with Gasteiger partial charge in [0.05, 0.1) is 10.2 Å². The SMILES string of the molecule is O=C(COc1nn(-c2ccccc2)cc1Br)Nc1ccccc1. The van der Waals surface area contributed by atoms with Gasteiger partial charge in [-0.25, -0.2) is 4.68 Å². The van der Waals surface area contributed by atoms with Crippen molar-refractivity contribution in [2.75, 3.05) is 11.9 Å². The van der Waals surface area contributed by atoms with Gasteiger partial charge < -0.3 is 10.1 Å². The van der Waals surface area contributed by atoms with Crippen LogP contribution in [0.4, 0.5) is 5.69 Å². The lowest BCUT2D eigenvalue weighted by Crippen LogP contribution is -2.20. The van der Waals surface area contributed by atoms with Gasteiger partial charge in [-0.3, -0.25) is 4.79 Å². The third-order valence-electron chi connectivity index (χ3n) is 3.06. The van der Waals surface area contributed by atoms with E-state index < -0.39 is 0 Å². The number of nitrogens with one attached hydrogen (secondary N) is 1. The van der Waals surface area contributed by atoms with Crippen molar-refractivity contribution in [3.05, 3.63) is 71.3 Å². The first-order valence-corrected chi connectivity index (χ1v) is 7.80. The molecule has 3 aromatic rings. The monoisotopic (exact) mass is 371 g/mol. The minimum absolute atomic E-state index is 0.112. The summed E-state index contributed by atoms with van der Waals surface area (Å²) in [4.78, 5) is 11.9. The van der Waals surface area contributed by atoms with Gasteiger partial charge in [0.15, 0.2) is 6.61 Å². The molecule has 0 fully saturated rings. The van der Waals surface area contributed by atoms with E-state index in [9.17, 15) is 4.79 Å². The van der Waals surface area contributed by atoms with Crippen LogP contribution >= 0.6 is 15.9 Å². The molecular formula is C17H14BrN3O2. The molecule has 0 atom stereocenters. The topological polar surface area (TPSA) is 56.1 Å². The Hall–Kier alpha value is -2.60. The second kappa shape index (κ2) is 7.11. The highest BCUT2D eigenvalue weighted by molar-refractivity contribution is 9.10. The summed E-state index contributed by atoms with van der Waals surface area (Å²) in [6.07, 6.45) is 1.79. The van der Waals surface area contributed by atoms with Crippen LogP contribution in [-0.4, -0.2) is 22.3 Å². The zero-order chi connectivity index (χ0) is 16.1. The molecule has 0 saturated carbocycles. The van der Waals surface area contributed by atoms with Gasteiger partial charge in [-0.1, -0.05) is 36.4 Å². The van der Waals surface area contributed by atoms with Crippen LogP contribution < -0.4 is 10.1 Å². The first-order chi connectivity index (χ1) is 11.2. The Morgan fingerprint density at radius 3 is 2.43 bits per heavy atom. The van der Waals surface area contributed by atoms with E-state index >= 15 is 0 Å². The van der Waals surface area contributed by atoms with Crippen LogP contribution in [0, 0.1) is 0 Å². The van der Waals surface area contributed by atoms with Crippen molar-refractivity contribution < 1.29 is 9.53 Å². The molecule has 0 aliphatic rings. The minimum atomic E-state index is -0.239. The lowest BCUT2D eigenvalue weighted by atomic mass is 10.3. The zero-order valence-corrected chi connectivity index (χ0v) is 13.7. The number of rotatable bonds is 5. The van der Waals surface area contributed by atoms with E-state index in [1.807, 2.05) is 60.7 Å². The molecule has 6 heteroatoms. The van der Waals surface area contributed by atoms with E-state index in [0.717, 1.165) is 11.4 Å². The van der Waals surface area contributed by atoms with E-state index in [1.54, 1.807) is 10.9 Å². The van der Waals surface area contributed by atoms with Gasteiger partial charge in [-0.2, -0.15) is 0 Å². The lowest BCUT2D eigenvalue weighted by Gasteiger charge is -2.05. The highest BCUT2D eigenvalue weighted by Crippen LogP contribution is 2.24. The molecule has 3 rings (SSSR count). The molecule has 0 unspecified atom stereocenters. The standard InChI is InChI=1S/C17H14BrN3O2/c18-15-11-21(14-9-5-2-6-10-14)20-17(15)23-12-16(22)19-13-7-3-1-4-8-13/h1-11H,12H2,(H,19,22). The molecule has 23 heavy (non-hydrogen) atoms. The molecule has 2 aromatic carbocycles. The Kier molecular flexibility index (Phi) is 4.73. The minimum Gasteiger partial charge on any atom is -0.466 e. The molecule has 1 N–H and O–H groups in total. The maximum absolute atomic E-state index is 11.9. The van der Waals surface area contributed by atoms with E-state index in [2.05, 4.69) is 26.3 Å². The molecule has 0 spiro atoms. The molecule has 0 bridgehead atoms. The Labute approximate surface area is 142 Å². The predicted molar refractivity (Wildman–Crippen MR) is 91.8 cm³/mol. The number of ether oxygens (including phenoxy) is 1. The van der Waals surface area contributed by atoms with Gasteiger partial charge in [0.1, 0.15) is 0 Å². The normalized spacial score (nSPS) is 10.3. The predicted octanol–water partition coefficient (Wildman–Crippen LogP) is 3.65. The average molecular weight is 372 g/mol. The number of para-hydroxylation sites is 2. The fraction of sp³-hybridized carbons (Fsp3) is 0.0588. The largest absolute Gasteiger partial charge is 0.466 e. The van der Waals surface area contributed by atoms with Crippen LogP contribution in [0.15, 0.2) is 71.3 Å². The molecule has 0 aliphatic carbocycles. The van der Waals surface area contributed by atoms with Crippen molar-refractivity contribution in [3.8, 4) is 11.6 Å². The number of nitrogens with zero attached hydrogens (tertiary/aromatic N) is 2. The Morgan fingerprint density at radius 2 is 1.74 bits per heavy atom. The Balaban J connectivity index is 1.62. The van der Waals surface area contributed by atoms with Gasteiger partial charge in [-0.05, 0) is 40.2 Å². The molecule has 1 amide bonds. The van der Waals surface area contributed by atoms with Crippen molar-refractivity contribution in [2.45, 2.75) is 0 Å². The number of aromatic nitrogens is 2. The average Bonchev–Trinajstić information content (AvgIpc) is 2.96. The van der Waals surface area contributed by atoms with Crippen molar-refractivity contribution in [2.24, 2.45) is 0 Å². The number of carbonyl (C=O) groups is 1. The summed E-state index contributed by atoms with van der Waals surface area (Å²) in [5.74, 6) is 0.134. The summed E-state index contributed by atoms with van der Waals surface area (Å²) in [5, 5.41) is 7.08. The number of halogens is 1. The summed E-state index contributed by atoms with van der Waals surface area (Å²) in [6, 6.07) is 18.9. The van der Waals surface area contributed by atoms with E-state index in [0.29, 0.717) is 10.4 Å². The quantitative estimate of drug-likeness (QED) is 0.744. The third kappa shape index (κ3) is 3.98. The second-order valence-electron chi connectivity index (χ2n) is 4.77. The van der Waals surface area contributed by atoms with Crippen LogP contribution in [0.5, 0.6) is 5.88 Å². The maximum Gasteiger partial charge on any atom is 0.262 e. The van der Waals surface area contributed by atoms with Crippen LogP contribution in [-0.2, 0) is 4.79 Å². The highest BCUT2D eigenvalue weighted by Gasteiger charge is 2.11. The first kappa shape index (κ1) is 15.3.